The highest BCUT2D eigenvalue weighted by molar-refractivity contribution is 7.13. The molecule has 3 fully saturated rings. The van der Waals surface area contributed by atoms with E-state index in [4.69, 9.17) is 16.3 Å². The van der Waals surface area contributed by atoms with Crippen LogP contribution in [0.15, 0.2) is 29.8 Å². The Balaban J connectivity index is 1.53. The first-order valence-corrected chi connectivity index (χ1v) is 9.50. The van der Waals surface area contributed by atoms with E-state index >= 15 is 0 Å². The molecular formula is C18H15ClN2O3S. The molecule has 7 heteroatoms. The van der Waals surface area contributed by atoms with Crippen molar-refractivity contribution >= 4 is 40.4 Å². The zero-order chi connectivity index (χ0) is 17.3. The third kappa shape index (κ3) is 2.02. The number of rotatable bonds is 2. The molecule has 4 unspecified atom stereocenters. The Morgan fingerprint density at radius 3 is 2.88 bits per heavy atom. The third-order valence-electron chi connectivity index (χ3n) is 5.63. The van der Waals surface area contributed by atoms with E-state index in [1.165, 1.54) is 16.2 Å². The highest BCUT2D eigenvalue weighted by Crippen LogP contribution is 2.55. The Morgan fingerprint density at radius 2 is 2.20 bits per heavy atom. The highest BCUT2D eigenvalue weighted by Gasteiger charge is 2.67. The first-order valence-electron chi connectivity index (χ1n) is 8.25. The summed E-state index contributed by atoms with van der Waals surface area (Å²) in [5.74, 6) is -1.07. The molecule has 2 amide bonds. The normalized spacial score (nSPS) is 33.4. The van der Waals surface area contributed by atoms with Crippen LogP contribution in [-0.2, 0) is 14.3 Å². The van der Waals surface area contributed by atoms with Crippen molar-refractivity contribution in [1.82, 2.24) is 4.98 Å². The largest absolute Gasteiger partial charge is 0.370 e. The van der Waals surface area contributed by atoms with Crippen LogP contribution in [0.1, 0.15) is 19.8 Å². The predicted molar refractivity (Wildman–Crippen MR) is 94.5 cm³/mol. The molecule has 3 aliphatic heterocycles. The van der Waals surface area contributed by atoms with Gasteiger partial charge in [-0.2, -0.15) is 0 Å². The maximum absolute atomic E-state index is 13.0. The molecule has 4 heterocycles. The van der Waals surface area contributed by atoms with Crippen molar-refractivity contribution < 1.29 is 14.3 Å². The van der Waals surface area contributed by atoms with Crippen LogP contribution in [0.3, 0.4) is 0 Å². The summed E-state index contributed by atoms with van der Waals surface area (Å²) >= 11 is 7.90. The Kier molecular flexibility index (Phi) is 3.18. The van der Waals surface area contributed by atoms with Gasteiger partial charge in [0.2, 0.25) is 11.8 Å². The Labute approximate surface area is 153 Å². The lowest BCUT2D eigenvalue weighted by Gasteiger charge is -2.26. The molecule has 3 aliphatic rings. The number of amides is 2. The first-order chi connectivity index (χ1) is 12.0. The molecule has 0 radical (unpaired) electrons. The summed E-state index contributed by atoms with van der Waals surface area (Å²) in [5.41, 5.74) is 0.814. The van der Waals surface area contributed by atoms with Gasteiger partial charge in [0.25, 0.3) is 0 Å². The molecule has 1 aromatic carbocycles. The van der Waals surface area contributed by atoms with E-state index < -0.39 is 5.60 Å². The molecule has 5 nitrogen and oxygen atoms in total. The number of ether oxygens (including phenoxy) is 1. The SMILES string of the molecule is CC12CCC(O1)C1C(=O)N(c3ccc(-c4nccs4)c(Cl)c3)C(=O)C12. The number of carbonyl (C=O) groups excluding carboxylic acids is 2. The van der Waals surface area contributed by atoms with Crippen LogP contribution in [0.25, 0.3) is 10.6 Å². The van der Waals surface area contributed by atoms with Crippen molar-refractivity contribution in [3.8, 4) is 10.6 Å². The van der Waals surface area contributed by atoms with Crippen molar-refractivity contribution in [2.45, 2.75) is 31.5 Å². The second-order valence-electron chi connectivity index (χ2n) is 7.02. The van der Waals surface area contributed by atoms with Crippen LogP contribution in [0, 0.1) is 11.8 Å². The standard InChI is InChI=1S/C18H15ClN2O3S/c1-18-5-4-12(24-18)13-14(18)17(23)21(16(13)22)9-2-3-10(11(19)8-9)15-20-6-7-25-15/h2-3,6-8,12-14H,4-5H2,1H3. The number of thiazole rings is 1. The number of aromatic nitrogens is 1. The summed E-state index contributed by atoms with van der Waals surface area (Å²) in [6.07, 6.45) is 3.25. The number of fused-ring (bicyclic) bond motifs is 5. The fourth-order valence-electron chi connectivity index (χ4n) is 4.51. The van der Waals surface area contributed by atoms with Gasteiger partial charge in [-0.25, -0.2) is 9.88 Å². The van der Waals surface area contributed by atoms with E-state index in [9.17, 15) is 9.59 Å². The van der Waals surface area contributed by atoms with E-state index in [-0.39, 0.29) is 29.8 Å². The van der Waals surface area contributed by atoms with Crippen molar-refractivity contribution in [3.63, 3.8) is 0 Å². The second-order valence-corrected chi connectivity index (χ2v) is 8.33. The molecule has 0 spiro atoms. The first kappa shape index (κ1) is 15.5. The van der Waals surface area contributed by atoms with Gasteiger partial charge in [0.15, 0.2) is 0 Å². The van der Waals surface area contributed by atoms with Crippen LogP contribution < -0.4 is 4.90 Å². The molecule has 0 N–H and O–H groups in total. The highest BCUT2D eigenvalue weighted by atomic mass is 35.5. The molecule has 2 aromatic rings. The van der Waals surface area contributed by atoms with Crippen LogP contribution in [-0.4, -0.2) is 28.5 Å². The van der Waals surface area contributed by atoms with Crippen LogP contribution in [0.2, 0.25) is 5.02 Å². The van der Waals surface area contributed by atoms with E-state index in [0.29, 0.717) is 10.7 Å². The van der Waals surface area contributed by atoms with E-state index in [1.807, 2.05) is 18.4 Å². The van der Waals surface area contributed by atoms with Crippen molar-refractivity contribution in [2.24, 2.45) is 11.8 Å². The third-order valence-corrected chi connectivity index (χ3v) is 6.75. The van der Waals surface area contributed by atoms with Crippen molar-refractivity contribution in [1.29, 1.82) is 0 Å². The minimum Gasteiger partial charge on any atom is -0.370 e. The molecule has 25 heavy (non-hydrogen) atoms. The molecule has 3 saturated heterocycles. The number of anilines is 1. The van der Waals surface area contributed by atoms with Gasteiger partial charge in [0.05, 0.1) is 34.3 Å². The zero-order valence-electron chi connectivity index (χ0n) is 13.4. The van der Waals surface area contributed by atoms with Crippen LogP contribution >= 0.6 is 22.9 Å². The number of halogens is 1. The maximum Gasteiger partial charge on any atom is 0.240 e. The summed E-state index contributed by atoms with van der Waals surface area (Å²) in [5, 5.41) is 3.17. The molecule has 2 bridgehead atoms. The topological polar surface area (TPSA) is 59.5 Å². The van der Waals surface area contributed by atoms with Gasteiger partial charge in [-0.1, -0.05) is 11.6 Å². The van der Waals surface area contributed by atoms with E-state index in [0.717, 1.165) is 23.4 Å². The number of imide groups is 1. The second kappa shape index (κ2) is 5.13. The van der Waals surface area contributed by atoms with Gasteiger partial charge in [0.1, 0.15) is 5.01 Å². The smallest absolute Gasteiger partial charge is 0.240 e. The summed E-state index contributed by atoms with van der Waals surface area (Å²) in [7, 11) is 0. The van der Waals surface area contributed by atoms with E-state index in [1.54, 1.807) is 18.3 Å². The number of nitrogens with zero attached hydrogens (tertiary/aromatic N) is 2. The molecule has 0 saturated carbocycles. The van der Waals surface area contributed by atoms with Gasteiger partial charge < -0.3 is 4.74 Å². The lowest BCUT2D eigenvalue weighted by molar-refractivity contribution is -0.126. The summed E-state index contributed by atoms with van der Waals surface area (Å²) < 4.78 is 5.94. The fourth-order valence-corrected chi connectivity index (χ4v) is 5.51. The minimum atomic E-state index is -0.512. The van der Waals surface area contributed by atoms with Crippen LogP contribution in [0.4, 0.5) is 5.69 Å². The Morgan fingerprint density at radius 1 is 1.36 bits per heavy atom. The number of carbonyl (C=O) groups is 2. The van der Waals surface area contributed by atoms with Crippen molar-refractivity contribution in [3.05, 3.63) is 34.8 Å². The van der Waals surface area contributed by atoms with Crippen molar-refractivity contribution in [2.75, 3.05) is 4.90 Å². The minimum absolute atomic E-state index is 0.137. The fraction of sp³-hybridized carbons (Fsp3) is 0.389. The van der Waals surface area contributed by atoms with Crippen LogP contribution in [0.5, 0.6) is 0 Å². The average Bonchev–Trinajstić information content (AvgIpc) is 3.31. The van der Waals surface area contributed by atoms with Gasteiger partial charge in [-0.15, -0.1) is 11.3 Å². The summed E-state index contributed by atoms with van der Waals surface area (Å²) in [6, 6.07) is 5.27. The number of hydrogen-bond acceptors (Lipinski definition) is 5. The average molecular weight is 375 g/mol. The summed E-state index contributed by atoms with van der Waals surface area (Å²) in [4.78, 5) is 31.5. The van der Waals surface area contributed by atoms with E-state index in [2.05, 4.69) is 4.98 Å². The number of hydrogen-bond donors (Lipinski definition) is 0. The molecule has 1 aromatic heterocycles. The molecular weight excluding hydrogens is 360 g/mol. The Bertz CT molecular complexity index is 900. The van der Waals surface area contributed by atoms with Gasteiger partial charge in [0, 0.05) is 17.1 Å². The molecule has 128 valence electrons. The molecule has 5 rings (SSSR count). The molecule has 0 aliphatic carbocycles. The van der Waals surface area contributed by atoms with Gasteiger partial charge >= 0.3 is 0 Å². The summed E-state index contributed by atoms with van der Waals surface area (Å²) in [6.45, 7) is 1.95. The van der Waals surface area contributed by atoms with Gasteiger partial charge in [-0.3, -0.25) is 9.59 Å². The zero-order valence-corrected chi connectivity index (χ0v) is 15.0. The quantitative estimate of drug-likeness (QED) is 0.754. The monoisotopic (exact) mass is 374 g/mol. The lowest BCUT2D eigenvalue weighted by atomic mass is 9.74. The lowest BCUT2D eigenvalue weighted by Crippen LogP contribution is -2.39. The number of benzene rings is 1. The molecule has 4 atom stereocenters. The van der Waals surface area contributed by atoms with Gasteiger partial charge in [-0.05, 0) is 38.0 Å². The maximum atomic E-state index is 13.0. The Hall–Kier alpha value is -1.76. The predicted octanol–water partition coefficient (Wildman–Crippen LogP) is 3.52.